The minimum absolute atomic E-state index is 0.181. The van der Waals surface area contributed by atoms with E-state index in [2.05, 4.69) is 5.32 Å². The second-order valence-corrected chi connectivity index (χ2v) is 5.54. The number of rotatable bonds is 3. The third kappa shape index (κ3) is 2.35. The number of nitrogens with zero attached hydrogens (tertiary/aromatic N) is 1. The molecule has 18 heavy (non-hydrogen) atoms. The van der Waals surface area contributed by atoms with Gasteiger partial charge in [-0.25, -0.2) is 0 Å². The highest BCUT2D eigenvalue weighted by Crippen LogP contribution is 2.45. The monoisotopic (exact) mass is 266 g/mol. The van der Waals surface area contributed by atoms with Crippen molar-refractivity contribution in [1.82, 2.24) is 10.2 Å². The largest absolute Gasteiger partial charge is 0.404 e. The van der Waals surface area contributed by atoms with Gasteiger partial charge in [-0.1, -0.05) is 6.92 Å². The van der Waals surface area contributed by atoms with E-state index in [0.29, 0.717) is 6.42 Å². The normalized spacial score (nSPS) is 25.3. The first-order valence-electron chi connectivity index (χ1n) is 6.14. The van der Waals surface area contributed by atoms with Crippen molar-refractivity contribution in [3.05, 3.63) is 0 Å². The van der Waals surface area contributed by atoms with Gasteiger partial charge in [-0.05, 0) is 33.2 Å². The summed E-state index contributed by atoms with van der Waals surface area (Å²) < 4.78 is 39.7. The molecular formula is C12H21F3N2O. The van der Waals surface area contributed by atoms with Crippen LogP contribution >= 0.6 is 0 Å². The summed E-state index contributed by atoms with van der Waals surface area (Å²) >= 11 is 0. The average molecular weight is 266 g/mol. The van der Waals surface area contributed by atoms with Crippen LogP contribution in [0.1, 0.15) is 33.6 Å². The number of carbonyl (C=O) groups is 1. The number of halogens is 3. The summed E-state index contributed by atoms with van der Waals surface area (Å²) in [6, 6.07) is 0. The molecule has 1 heterocycles. The van der Waals surface area contributed by atoms with Crippen LogP contribution in [-0.4, -0.2) is 42.7 Å². The van der Waals surface area contributed by atoms with Gasteiger partial charge < -0.3 is 10.2 Å². The zero-order chi connectivity index (χ0) is 14.2. The van der Waals surface area contributed by atoms with Crippen molar-refractivity contribution in [3.8, 4) is 0 Å². The molecule has 106 valence electrons. The summed E-state index contributed by atoms with van der Waals surface area (Å²) in [6.45, 7) is 5.32. The predicted octanol–water partition coefficient (Wildman–Crippen LogP) is 2.18. The molecule has 1 atom stereocenters. The third-order valence-electron chi connectivity index (χ3n) is 4.19. The maximum absolute atomic E-state index is 13.2. The van der Waals surface area contributed by atoms with Gasteiger partial charge in [-0.2, -0.15) is 13.2 Å². The standard InChI is InChI=1S/C12H21F3N2O/c1-5-10(2,3)17(4)9(18)11(12(13,14)15)6-7-16-8-11/h16H,5-8H2,1-4H3. The predicted molar refractivity (Wildman–Crippen MR) is 63.1 cm³/mol. The molecule has 0 aromatic heterocycles. The molecule has 3 nitrogen and oxygen atoms in total. The quantitative estimate of drug-likeness (QED) is 0.849. The van der Waals surface area contributed by atoms with Crippen molar-refractivity contribution in [2.24, 2.45) is 5.41 Å². The molecule has 6 heteroatoms. The number of amides is 1. The molecule has 1 aliphatic rings. The van der Waals surface area contributed by atoms with Crippen molar-refractivity contribution in [3.63, 3.8) is 0 Å². The van der Waals surface area contributed by atoms with E-state index >= 15 is 0 Å². The van der Waals surface area contributed by atoms with Gasteiger partial charge >= 0.3 is 6.18 Å². The summed E-state index contributed by atoms with van der Waals surface area (Å²) in [5.74, 6) is -0.827. The van der Waals surface area contributed by atoms with Crippen molar-refractivity contribution in [1.29, 1.82) is 0 Å². The fourth-order valence-corrected chi connectivity index (χ4v) is 2.07. The fraction of sp³-hybridized carbons (Fsp3) is 0.917. The Morgan fingerprint density at radius 2 is 1.94 bits per heavy atom. The molecule has 0 saturated carbocycles. The Balaban J connectivity index is 3.06. The lowest BCUT2D eigenvalue weighted by molar-refractivity contribution is -0.223. The van der Waals surface area contributed by atoms with Gasteiger partial charge in [0, 0.05) is 19.1 Å². The van der Waals surface area contributed by atoms with Crippen LogP contribution in [0.2, 0.25) is 0 Å². The summed E-state index contributed by atoms with van der Waals surface area (Å²) in [6.07, 6.45) is -4.08. The van der Waals surface area contributed by atoms with Gasteiger partial charge in [0.1, 0.15) is 0 Å². The molecule has 1 amide bonds. The maximum atomic E-state index is 13.2. The second kappa shape index (κ2) is 4.72. The molecule has 0 aromatic rings. The molecule has 1 saturated heterocycles. The second-order valence-electron chi connectivity index (χ2n) is 5.54. The van der Waals surface area contributed by atoms with Crippen LogP contribution in [0.5, 0.6) is 0 Å². The zero-order valence-electron chi connectivity index (χ0n) is 11.3. The molecule has 1 fully saturated rings. The van der Waals surface area contributed by atoms with E-state index in [4.69, 9.17) is 0 Å². The summed E-state index contributed by atoms with van der Waals surface area (Å²) in [5.41, 5.74) is -2.83. The van der Waals surface area contributed by atoms with Crippen LogP contribution in [0.15, 0.2) is 0 Å². The Morgan fingerprint density at radius 3 is 2.28 bits per heavy atom. The van der Waals surface area contributed by atoms with Crippen LogP contribution in [0.25, 0.3) is 0 Å². The van der Waals surface area contributed by atoms with Gasteiger partial charge in [-0.15, -0.1) is 0 Å². The van der Waals surface area contributed by atoms with E-state index < -0.39 is 23.0 Å². The molecule has 0 bridgehead atoms. The third-order valence-corrected chi connectivity index (χ3v) is 4.19. The molecule has 0 radical (unpaired) electrons. The van der Waals surface area contributed by atoms with Crippen molar-refractivity contribution < 1.29 is 18.0 Å². The topological polar surface area (TPSA) is 32.3 Å². The Morgan fingerprint density at radius 1 is 1.39 bits per heavy atom. The molecule has 1 rings (SSSR count). The van der Waals surface area contributed by atoms with Crippen LogP contribution in [-0.2, 0) is 4.79 Å². The van der Waals surface area contributed by atoms with Gasteiger partial charge in [-0.3, -0.25) is 4.79 Å². The number of alkyl halides is 3. The Labute approximate surface area is 106 Å². The van der Waals surface area contributed by atoms with E-state index in [9.17, 15) is 18.0 Å². The van der Waals surface area contributed by atoms with Crippen LogP contribution in [0, 0.1) is 5.41 Å². The van der Waals surface area contributed by atoms with E-state index in [0.717, 1.165) is 0 Å². The Kier molecular flexibility index (Phi) is 4.00. The molecule has 0 aliphatic carbocycles. The number of hydrogen-bond donors (Lipinski definition) is 1. The van der Waals surface area contributed by atoms with E-state index in [-0.39, 0.29) is 19.5 Å². The Bertz CT molecular complexity index is 320. The molecule has 1 N–H and O–H groups in total. The summed E-state index contributed by atoms with van der Waals surface area (Å²) in [5, 5.41) is 2.66. The van der Waals surface area contributed by atoms with E-state index in [1.807, 2.05) is 6.92 Å². The highest BCUT2D eigenvalue weighted by atomic mass is 19.4. The van der Waals surface area contributed by atoms with Crippen molar-refractivity contribution >= 4 is 5.91 Å². The first-order valence-corrected chi connectivity index (χ1v) is 6.14. The highest BCUT2D eigenvalue weighted by molar-refractivity contribution is 5.84. The summed E-state index contributed by atoms with van der Waals surface area (Å²) in [4.78, 5) is 13.5. The first kappa shape index (κ1) is 15.3. The Hall–Kier alpha value is -0.780. The highest BCUT2D eigenvalue weighted by Gasteiger charge is 2.62. The van der Waals surface area contributed by atoms with Crippen molar-refractivity contribution in [2.45, 2.75) is 45.3 Å². The summed E-state index contributed by atoms with van der Waals surface area (Å²) in [7, 11) is 1.46. The number of nitrogens with one attached hydrogen (secondary N) is 1. The van der Waals surface area contributed by atoms with Gasteiger partial charge in [0.25, 0.3) is 0 Å². The molecule has 0 aromatic carbocycles. The van der Waals surface area contributed by atoms with Crippen LogP contribution < -0.4 is 5.32 Å². The van der Waals surface area contributed by atoms with Crippen LogP contribution in [0.4, 0.5) is 13.2 Å². The number of hydrogen-bond acceptors (Lipinski definition) is 2. The SMILES string of the molecule is CCC(C)(C)N(C)C(=O)C1(C(F)(F)F)CCNC1. The average Bonchev–Trinajstić information content (AvgIpc) is 2.76. The molecule has 1 unspecified atom stereocenters. The van der Waals surface area contributed by atoms with Gasteiger partial charge in [0.15, 0.2) is 5.41 Å². The minimum Gasteiger partial charge on any atom is -0.340 e. The molecular weight excluding hydrogens is 245 g/mol. The zero-order valence-corrected chi connectivity index (χ0v) is 11.3. The smallest absolute Gasteiger partial charge is 0.340 e. The first-order chi connectivity index (χ1) is 8.08. The molecule has 0 spiro atoms. The lowest BCUT2D eigenvalue weighted by Crippen LogP contribution is -2.57. The lowest BCUT2D eigenvalue weighted by Gasteiger charge is -2.41. The van der Waals surface area contributed by atoms with E-state index in [1.54, 1.807) is 13.8 Å². The van der Waals surface area contributed by atoms with E-state index in [1.165, 1.54) is 11.9 Å². The lowest BCUT2D eigenvalue weighted by atomic mass is 9.83. The maximum Gasteiger partial charge on any atom is 0.404 e. The van der Waals surface area contributed by atoms with Crippen molar-refractivity contribution in [2.75, 3.05) is 20.1 Å². The fourth-order valence-electron chi connectivity index (χ4n) is 2.07. The molecule has 1 aliphatic heterocycles. The van der Waals surface area contributed by atoms with Gasteiger partial charge in [0.05, 0.1) is 0 Å². The van der Waals surface area contributed by atoms with Gasteiger partial charge in [0.2, 0.25) is 5.91 Å². The number of carbonyl (C=O) groups excluding carboxylic acids is 1. The van der Waals surface area contributed by atoms with Crippen LogP contribution in [0.3, 0.4) is 0 Å². The minimum atomic E-state index is -4.51.